The van der Waals surface area contributed by atoms with Crippen molar-refractivity contribution in [1.82, 2.24) is 0 Å². The summed E-state index contributed by atoms with van der Waals surface area (Å²) in [4.78, 5) is 0. The minimum Gasteiger partial charge on any atom is -0.0928 e. The number of unbranched alkanes of at least 4 members (excludes halogenated alkanes) is 1. The van der Waals surface area contributed by atoms with Crippen molar-refractivity contribution in [2.24, 2.45) is 0 Å². The second-order valence-corrected chi connectivity index (χ2v) is 4.50. The Kier molecular flexibility index (Phi) is 5.40. The highest BCUT2D eigenvalue weighted by Gasteiger charge is 1.87. The fraction of sp³-hybridized carbons (Fsp3) is 0.273. The number of hydrogen-bond acceptors (Lipinski definition) is 0. The van der Waals surface area contributed by atoms with Crippen LogP contribution in [0.4, 0.5) is 0 Å². The predicted molar refractivity (Wildman–Crippen MR) is 66.2 cm³/mol. The molecule has 0 nitrogen and oxygen atoms in total. The summed E-state index contributed by atoms with van der Waals surface area (Å²) >= 11 is 6.85. The Hall–Kier alpha value is -0.0800. The molecule has 1 aromatic carbocycles. The summed E-state index contributed by atoms with van der Waals surface area (Å²) in [7, 11) is 0. The number of hydrogen-bond donors (Lipinski definition) is 0. The maximum Gasteiger partial charge on any atom is 0.0181 e. The SMILES string of the molecule is BrCCC/C=C\c1cccc(Br)c1. The maximum atomic E-state index is 3.44. The number of alkyl halides is 1. The van der Waals surface area contributed by atoms with E-state index in [2.05, 4.69) is 56.1 Å². The van der Waals surface area contributed by atoms with E-state index in [9.17, 15) is 0 Å². The maximum absolute atomic E-state index is 3.44. The van der Waals surface area contributed by atoms with Crippen molar-refractivity contribution < 1.29 is 0 Å². The van der Waals surface area contributed by atoms with Crippen LogP contribution < -0.4 is 0 Å². The minimum atomic E-state index is 1.08. The molecule has 13 heavy (non-hydrogen) atoms. The summed E-state index contributed by atoms with van der Waals surface area (Å²) in [6, 6.07) is 8.31. The average Bonchev–Trinajstić information content (AvgIpc) is 2.13. The Morgan fingerprint density at radius 1 is 1.31 bits per heavy atom. The second kappa shape index (κ2) is 6.39. The van der Waals surface area contributed by atoms with Crippen LogP contribution in [0.15, 0.2) is 34.8 Å². The highest BCUT2D eigenvalue weighted by Crippen LogP contribution is 2.13. The molecule has 0 radical (unpaired) electrons. The lowest BCUT2D eigenvalue weighted by atomic mass is 10.2. The molecular weight excluding hydrogens is 292 g/mol. The lowest BCUT2D eigenvalue weighted by Crippen LogP contribution is -1.73. The van der Waals surface area contributed by atoms with Crippen LogP contribution in [0.2, 0.25) is 0 Å². The third kappa shape index (κ3) is 4.63. The summed E-state index contributed by atoms with van der Waals surface area (Å²) in [5.74, 6) is 0. The van der Waals surface area contributed by atoms with Crippen LogP contribution >= 0.6 is 31.9 Å². The summed E-state index contributed by atoms with van der Waals surface area (Å²) in [6.07, 6.45) is 6.71. The van der Waals surface area contributed by atoms with E-state index in [4.69, 9.17) is 0 Å². The first-order chi connectivity index (χ1) is 6.33. The molecule has 0 unspecified atom stereocenters. The van der Waals surface area contributed by atoms with Gasteiger partial charge in [0.1, 0.15) is 0 Å². The minimum absolute atomic E-state index is 1.08. The van der Waals surface area contributed by atoms with Crippen molar-refractivity contribution in [3.05, 3.63) is 40.4 Å². The van der Waals surface area contributed by atoms with Gasteiger partial charge in [-0.2, -0.15) is 0 Å². The van der Waals surface area contributed by atoms with Gasteiger partial charge in [0.25, 0.3) is 0 Å². The van der Waals surface area contributed by atoms with Crippen LogP contribution in [0.5, 0.6) is 0 Å². The van der Waals surface area contributed by atoms with Crippen LogP contribution in [0.3, 0.4) is 0 Å². The lowest BCUT2D eigenvalue weighted by molar-refractivity contribution is 0.983. The number of allylic oxidation sites excluding steroid dienone is 1. The van der Waals surface area contributed by atoms with Gasteiger partial charge in [-0.3, -0.25) is 0 Å². The molecule has 0 aliphatic heterocycles. The first-order valence-corrected chi connectivity index (χ1v) is 6.22. The van der Waals surface area contributed by atoms with Gasteiger partial charge in [-0.05, 0) is 30.5 Å². The molecule has 0 bridgehead atoms. The molecule has 0 heterocycles. The largest absolute Gasteiger partial charge is 0.0928 e. The molecule has 1 rings (SSSR count). The van der Waals surface area contributed by atoms with Crippen LogP contribution in [0, 0.1) is 0 Å². The molecule has 0 aliphatic rings. The normalized spacial score (nSPS) is 10.9. The van der Waals surface area contributed by atoms with E-state index in [-0.39, 0.29) is 0 Å². The quantitative estimate of drug-likeness (QED) is 0.561. The molecule has 0 atom stereocenters. The molecule has 0 saturated carbocycles. The van der Waals surface area contributed by atoms with Gasteiger partial charge in [0, 0.05) is 9.80 Å². The Morgan fingerprint density at radius 3 is 2.85 bits per heavy atom. The van der Waals surface area contributed by atoms with Gasteiger partial charge in [-0.1, -0.05) is 56.1 Å². The summed E-state index contributed by atoms with van der Waals surface area (Å²) in [6.45, 7) is 0. The third-order valence-corrected chi connectivity index (χ3v) is 2.72. The first-order valence-electron chi connectivity index (χ1n) is 4.31. The zero-order valence-corrected chi connectivity index (χ0v) is 10.5. The highest BCUT2D eigenvalue weighted by molar-refractivity contribution is 9.10. The van der Waals surface area contributed by atoms with E-state index >= 15 is 0 Å². The second-order valence-electron chi connectivity index (χ2n) is 2.79. The van der Waals surface area contributed by atoms with Crippen molar-refractivity contribution in [3.63, 3.8) is 0 Å². The Labute approximate surface area is 96.3 Å². The van der Waals surface area contributed by atoms with Crippen molar-refractivity contribution in [3.8, 4) is 0 Å². The van der Waals surface area contributed by atoms with Crippen LogP contribution in [-0.4, -0.2) is 5.33 Å². The van der Waals surface area contributed by atoms with E-state index in [1.807, 2.05) is 12.1 Å². The molecule has 0 aliphatic carbocycles. The van der Waals surface area contributed by atoms with Gasteiger partial charge in [0.2, 0.25) is 0 Å². The zero-order valence-electron chi connectivity index (χ0n) is 7.34. The average molecular weight is 304 g/mol. The van der Waals surface area contributed by atoms with Gasteiger partial charge in [0.05, 0.1) is 0 Å². The van der Waals surface area contributed by atoms with Gasteiger partial charge in [0.15, 0.2) is 0 Å². The molecule has 0 N–H and O–H groups in total. The predicted octanol–water partition coefficient (Wildman–Crippen LogP) is 4.64. The van der Waals surface area contributed by atoms with Crippen molar-refractivity contribution in [1.29, 1.82) is 0 Å². The molecule has 0 amide bonds. The summed E-state index contributed by atoms with van der Waals surface area (Å²) in [5.41, 5.74) is 1.25. The number of rotatable bonds is 4. The first kappa shape index (κ1) is 11.0. The summed E-state index contributed by atoms with van der Waals surface area (Å²) in [5, 5.41) is 1.08. The van der Waals surface area contributed by atoms with Gasteiger partial charge >= 0.3 is 0 Å². The van der Waals surface area contributed by atoms with E-state index in [0.717, 1.165) is 16.2 Å². The molecule has 0 spiro atoms. The molecular formula is C11H12Br2. The summed E-state index contributed by atoms with van der Waals surface area (Å²) < 4.78 is 1.13. The van der Waals surface area contributed by atoms with Gasteiger partial charge in [-0.15, -0.1) is 0 Å². The topological polar surface area (TPSA) is 0 Å². The molecule has 0 saturated heterocycles. The van der Waals surface area contributed by atoms with Crippen LogP contribution in [-0.2, 0) is 0 Å². The Bertz CT molecular complexity index is 279. The monoisotopic (exact) mass is 302 g/mol. The lowest BCUT2D eigenvalue weighted by Gasteiger charge is -1.94. The molecule has 0 fully saturated rings. The fourth-order valence-electron chi connectivity index (χ4n) is 1.02. The van der Waals surface area contributed by atoms with E-state index in [1.165, 1.54) is 12.0 Å². The van der Waals surface area contributed by atoms with Gasteiger partial charge in [-0.25, -0.2) is 0 Å². The van der Waals surface area contributed by atoms with Crippen LogP contribution in [0.25, 0.3) is 6.08 Å². The smallest absolute Gasteiger partial charge is 0.0181 e. The van der Waals surface area contributed by atoms with Crippen molar-refractivity contribution >= 4 is 37.9 Å². The van der Waals surface area contributed by atoms with E-state index < -0.39 is 0 Å². The standard InChI is InChI=1S/C11H12Br2/c12-8-3-1-2-5-10-6-4-7-11(13)9-10/h2,4-7,9H,1,3,8H2/b5-2-. The molecule has 0 aromatic heterocycles. The molecule has 2 heteroatoms. The Morgan fingerprint density at radius 2 is 2.15 bits per heavy atom. The van der Waals surface area contributed by atoms with Gasteiger partial charge < -0.3 is 0 Å². The molecule has 70 valence electrons. The van der Waals surface area contributed by atoms with E-state index in [0.29, 0.717) is 0 Å². The van der Waals surface area contributed by atoms with Crippen LogP contribution in [0.1, 0.15) is 18.4 Å². The van der Waals surface area contributed by atoms with Crippen molar-refractivity contribution in [2.75, 3.05) is 5.33 Å². The van der Waals surface area contributed by atoms with Crippen molar-refractivity contribution in [2.45, 2.75) is 12.8 Å². The number of benzene rings is 1. The highest BCUT2D eigenvalue weighted by atomic mass is 79.9. The zero-order chi connectivity index (χ0) is 9.52. The third-order valence-electron chi connectivity index (χ3n) is 1.66. The Balaban J connectivity index is 2.48. The fourth-order valence-corrected chi connectivity index (χ4v) is 1.77. The molecule has 1 aromatic rings. The number of halogens is 2. The van der Waals surface area contributed by atoms with E-state index in [1.54, 1.807) is 0 Å².